The van der Waals surface area contributed by atoms with Crippen LogP contribution in [0, 0.1) is 5.82 Å². The third-order valence-corrected chi connectivity index (χ3v) is 6.42. The lowest BCUT2D eigenvalue weighted by atomic mass is 9.96. The maximum atomic E-state index is 15.6. The molecule has 0 bridgehead atoms. The minimum atomic E-state index is -0.707. The van der Waals surface area contributed by atoms with Gasteiger partial charge in [0, 0.05) is 33.9 Å². The molecule has 4 rings (SSSR count). The van der Waals surface area contributed by atoms with E-state index in [0.29, 0.717) is 17.6 Å². The molecule has 0 spiro atoms. The molecule has 40 heavy (non-hydrogen) atoms. The lowest BCUT2D eigenvalue weighted by Crippen LogP contribution is -2.11. The van der Waals surface area contributed by atoms with Gasteiger partial charge in [0.1, 0.15) is 23.4 Å². The first-order chi connectivity index (χ1) is 18.9. The molecule has 0 fully saturated rings. The minimum Gasteiger partial charge on any atom is -0.454 e. The maximum Gasteiger partial charge on any atom is 0.338 e. The summed E-state index contributed by atoms with van der Waals surface area (Å²) in [5.74, 6) is -2.23. The van der Waals surface area contributed by atoms with Crippen molar-refractivity contribution in [3.8, 4) is 33.8 Å². The molecule has 0 saturated heterocycles. The zero-order valence-corrected chi connectivity index (χ0v) is 22.6. The molecule has 0 aromatic heterocycles. The van der Waals surface area contributed by atoms with Gasteiger partial charge in [-0.15, -0.1) is 0 Å². The van der Waals surface area contributed by atoms with Crippen molar-refractivity contribution in [2.75, 3.05) is 0 Å². The maximum absolute atomic E-state index is 15.6. The number of hydrogen-bond donors (Lipinski definition) is 0. The summed E-state index contributed by atoms with van der Waals surface area (Å²) >= 11 is 0. The number of esters is 3. The highest BCUT2D eigenvalue weighted by Crippen LogP contribution is 2.39. The molecule has 0 saturated carbocycles. The summed E-state index contributed by atoms with van der Waals surface area (Å²) < 4.78 is 31.9. The van der Waals surface area contributed by atoms with Gasteiger partial charge in [-0.25, -0.2) is 18.8 Å². The van der Waals surface area contributed by atoms with E-state index in [-0.39, 0.29) is 39.9 Å². The van der Waals surface area contributed by atoms with E-state index < -0.39 is 23.7 Å². The van der Waals surface area contributed by atoms with E-state index >= 15 is 4.39 Å². The van der Waals surface area contributed by atoms with Gasteiger partial charge in [0.25, 0.3) is 0 Å². The average Bonchev–Trinajstić information content (AvgIpc) is 3.30. The zero-order chi connectivity index (χ0) is 29.1. The van der Waals surface area contributed by atoms with Crippen LogP contribution in [0.1, 0.15) is 44.4 Å². The van der Waals surface area contributed by atoms with Crippen molar-refractivity contribution in [2.24, 2.45) is 0 Å². The van der Waals surface area contributed by atoms with Crippen LogP contribution in [0.4, 0.5) is 4.39 Å². The van der Waals surface area contributed by atoms with Crippen molar-refractivity contribution in [1.82, 2.24) is 0 Å². The third kappa shape index (κ3) is 6.10. The third-order valence-electron chi connectivity index (χ3n) is 6.42. The molecule has 204 valence electrons. The van der Waals surface area contributed by atoms with Crippen LogP contribution >= 0.6 is 0 Å². The lowest BCUT2D eigenvalue weighted by Gasteiger charge is -2.15. The molecule has 1 unspecified atom stereocenters. The number of carbonyl (C=O) groups is 3. The monoisotopic (exact) mass is 540 g/mol. The molecule has 0 amide bonds. The number of halogens is 1. The molecule has 7 heteroatoms. The molecule has 1 atom stereocenters. The van der Waals surface area contributed by atoms with Crippen LogP contribution in [0.2, 0.25) is 0 Å². The molecule has 0 radical (unpaired) electrons. The first-order valence-electron chi connectivity index (χ1n) is 12.6. The van der Waals surface area contributed by atoms with E-state index in [1.807, 2.05) is 18.2 Å². The van der Waals surface area contributed by atoms with Crippen LogP contribution in [0.3, 0.4) is 0 Å². The van der Waals surface area contributed by atoms with Crippen molar-refractivity contribution in [3.05, 3.63) is 108 Å². The SMILES string of the molecule is C=C(C)C(=O)Oc1ccc(-c2ccc(-c3ccc4c(c3)C(OC(=O)C(=C)C)CC4)cc2F)c(OC(=O)C(=C)C)c1. The Balaban J connectivity index is 1.68. The summed E-state index contributed by atoms with van der Waals surface area (Å²) in [4.78, 5) is 36.4. The van der Waals surface area contributed by atoms with Crippen molar-refractivity contribution in [1.29, 1.82) is 0 Å². The Hall–Kier alpha value is -4.78. The second-order valence-corrected chi connectivity index (χ2v) is 9.82. The van der Waals surface area contributed by atoms with E-state index in [0.717, 1.165) is 23.1 Å². The quantitative estimate of drug-likeness (QED) is 0.170. The van der Waals surface area contributed by atoms with E-state index in [4.69, 9.17) is 14.2 Å². The van der Waals surface area contributed by atoms with Gasteiger partial charge in [0.15, 0.2) is 0 Å². The van der Waals surface area contributed by atoms with Crippen LogP contribution in [0.15, 0.2) is 91.1 Å². The fraction of sp³-hybridized carbons (Fsp3) is 0.182. The van der Waals surface area contributed by atoms with Gasteiger partial charge in [-0.05, 0) is 80.1 Å². The molecule has 1 aliphatic rings. The van der Waals surface area contributed by atoms with E-state index in [2.05, 4.69) is 19.7 Å². The standard InChI is InChI=1S/C33H29FO6/c1-18(2)31(35)38-24-11-13-26(30(17-24)40-33(37)20(5)6)25-12-9-23(16-28(25)34)22-8-7-21-10-14-29(27(21)15-22)39-32(36)19(3)4/h7-9,11-13,15-17,29H,1,3,5,10,14H2,2,4,6H3. The fourth-order valence-electron chi connectivity index (χ4n) is 4.26. The molecular formula is C33H29FO6. The van der Waals surface area contributed by atoms with Gasteiger partial charge in [0.05, 0.1) is 0 Å². The molecule has 3 aromatic rings. The van der Waals surface area contributed by atoms with Crippen molar-refractivity contribution < 1.29 is 33.0 Å². The predicted octanol–water partition coefficient (Wildman–Crippen LogP) is 7.23. The normalized spacial score (nSPS) is 13.7. The summed E-state index contributed by atoms with van der Waals surface area (Å²) in [5, 5.41) is 0. The second-order valence-electron chi connectivity index (χ2n) is 9.82. The first-order valence-corrected chi connectivity index (χ1v) is 12.6. The number of carbonyl (C=O) groups excluding carboxylic acids is 3. The van der Waals surface area contributed by atoms with Crippen LogP contribution in [0.5, 0.6) is 11.5 Å². The van der Waals surface area contributed by atoms with Crippen LogP contribution < -0.4 is 9.47 Å². The van der Waals surface area contributed by atoms with Crippen molar-refractivity contribution in [2.45, 2.75) is 39.7 Å². The molecule has 1 aliphatic carbocycles. The topological polar surface area (TPSA) is 78.9 Å². The van der Waals surface area contributed by atoms with E-state index in [9.17, 15) is 14.4 Å². The lowest BCUT2D eigenvalue weighted by molar-refractivity contribution is -0.144. The largest absolute Gasteiger partial charge is 0.454 e. The number of benzene rings is 3. The van der Waals surface area contributed by atoms with Crippen molar-refractivity contribution >= 4 is 17.9 Å². The van der Waals surface area contributed by atoms with E-state index in [1.54, 1.807) is 19.1 Å². The van der Waals surface area contributed by atoms with Crippen LogP contribution in [-0.4, -0.2) is 17.9 Å². The predicted molar refractivity (Wildman–Crippen MR) is 150 cm³/mol. The molecule has 0 aliphatic heterocycles. The van der Waals surface area contributed by atoms with Gasteiger partial charge in [-0.1, -0.05) is 44.0 Å². The van der Waals surface area contributed by atoms with Crippen molar-refractivity contribution in [3.63, 3.8) is 0 Å². The Morgan fingerprint density at radius 2 is 1.35 bits per heavy atom. The summed E-state index contributed by atoms with van der Waals surface area (Å²) in [6.07, 6.45) is 1.07. The van der Waals surface area contributed by atoms with Gasteiger partial charge in [-0.3, -0.25) is 0 Å². The Labute approximate surface area is 232 Å². The fourth-order valence-corrected chi connectivity index (χ4v) is 4.26. The minimum absolute atomic E-state index is 0.00589. The highest BCUT2D eigenvalue weighted by molar-refractivity contribution is 5.91. The number of hydrogen-bond acceptors (Lipinski definition) is 6. The van der Waals surface area contributed by atoms with E-state index in [1.165, 1.54) is 38.1 Å². The van der Waals surface area contributed by atoms with Gasteiger partial charge in [0.2, 0.25) is 0 Å². The van der Waals surface area contributed by atoms with Crippen LogP contribution in [0.25, 0.3) is 22.3 Å². The highest BCUT2D eigenvalue weighted by Gasteiger charge is 2.27. The summed E-state index contributed by atoms with van der Waals surface area (Å²) in [6.45, 7) is 15.4. The summed E-state index contributed by atoms with van der Waals surface area (Å²) in [5.41, 5.74) is 4.50. The number of fused-ring (bicyclic) bond motifs is 1. The molecule has 0 N–H and O–H groups in total. The molecule has 3 aromatic carbocycles. The first kappa shape index (κ1) is 28.2. The zero-order valence-electron chi connectivity index (χ0n) is 22.6. The Bertz CT molecular complexity index is 1580. The Kier molecular flexibility index (Phi) is 8.14. The molecule has 6 nitrogen and oxygen atoms in total. The number of ether oxygens (including phenoxy) is 3. The summed E-state index contributed by atoms with van der Waals surface area (Å²) in [6, 6.07) is 14.8. The van der Waals surface area contributed by atoms with Gasteiger partial charge < -0.3 is 14.2 Å². The highest BCUT2D eigenvalue weighted by atomic mass is 19.1. The summed E-state index contributed by atoms with van der Waals surface area (Å²) in [7, 11) is 0. The molecular weight excluding hydrogens is 511 g/mol. The second kappa shape index (κ2) is 11.5. The Morgan fingerprint density at radius 3 is 2.00 bits per heavy atom. The number of aryl methyl sites for hydroxylation is 1. The van der Waals surface area contributed by atoms with Crippen LogP contribution in [-0.2, 0) is 25.5 Å². The van der Waals surface area contributed by atoms with Gasteiger partial charge >= 0.3 is 17.9 Å². The Morgan fingerprint density at radius 1 is 0.750 bits per heavy atom. The molecule has 0 heterocycles. The van der Waals surface area contributed by atoms with Gasteiger partial charge in [-0.2, -0.15) is 0 Å². The smallest absolute Gasteiger partial charge is 0.338 e. The number of rotatable bonds is 8. The average molecular weight is 541 g/mol.